The maximum absolute atomic E-state index is 13.3. The van der Waals surface area contributed by atoms with E-state index in [2.05, 4.69) is 22.4 Å². The Labute approximate surface area is 213 Å². The lowest BCUT2D eigenvalue weighted by Gasteiger charge is -2.28. The molecule has 4 unspecified atom stereocenters. The van der Waals surface area contributed by atoms with Crippen LogP contribution in [-0.2, 0) is 30.6 Å². The molecule has 1 aliphatic carbocycles. The predicted octanol–water partition coefficient (Wildman–Crippen LogP) is 1.31. The molecule has 1 fully saturated rings. The predicted molar refractivity (Wildman–Crippen MR) is 145 cm³/mol. The molecule has 1 amide bonds. The van der Waals surface area contributed by atoms with Gasteiger partial charge >= 0.3 is 5.97 Å². The fourth-order valence-electron chi connectivity index (χ4n) is 4.31. The highest BCUT2D eigenvalue weighted by molar-refractivity contribution is 8.19. The zero-order valence-electron chi connectivity index (χ0n) is 19.5. The summed E-state index contributed by atoms with van der Waals surface area (Å²) in [5, 5.41) is 0.833. The lowest BCUT2D eigenvalue weighted by Crippen LogP contribution is -2.46. The van der Waals surface area contributed by atoms with Gasteiger partial charge < -0.3 is 21.1 Å². The van der Waals surface area contributed by atoms with E-state index in [1.807, 2.05) is 24.3 Å². The van der Waals surface area contributed by atoms with E-state index in [1.165, 1.54) is 4.90 Å². The molecule has 0 spiro atoms. The summed E-state index contributed by atoms with van der Waals surface area (Å²) in [5.74, 6) is -2.07. The van der Waals surface area contributed by atoms with Crippen molar-refractivity contribution in [1.82, 2.24) is 4.90 Å². The number of hydrogen-bond donors (Lipinski definition) is 2. The van der Waals surface area contributed by atoms with Crippen LogP contribution in [-0.4, -0.2) is 55.1 Å². The molecule has 2 aliphatic rings. The number of carbonyl (C=O) groups excluding carboxylic acids is 2. The van der Waals surface area contributed by atoms with E-state index >= 15 is 0 Å². The minimum Gasteiger partial charge on any atom is -0.464 e. The van der Waals surface area contributed by atoms with Crippen molar-refractivity contribution in [1.29, 1.82) is 0 Å². The number of carbonyl (C=O) groups is 2. The number of hydrogen-bond acceptors (Lipinski definition) is 8. The first kappa shape index (κ1) is 27.4. The van der Waals surface area contributed by atoms with Crippen LogP contribution in [0.25, 0.3) is 6.08 Å². The van der Waals surface area contributed by atoms with Crippen molar-refractivity contribution in [3.05, 3.63) is 58.5 Å². The monoisotopic (exact) mass is 535 g/mol. The minimum absolute atomic E-state index is 0.143. The molecule has 3 rings (SSSR count). The zero-order chi connectivity index (χ0) is 26.1. The second-order valence-corrected chi connectivity index (χ2v) is 11.9. The molecule has 1 heterocycles. The van der Waals surface area contributed by atoms with E-state index in [4.69, 9.17) is 28.4 Å². The summed E-state index contributed by atoms with van der Waals surface area (Å²) >= 11 is 4.87. The molecule has 8 nitrogen and oxygen atoms in total. The average molecular weight is 536 g/mol. The summed E-state index contributed by atoms with van der Waals surface area (Å²) in [6.07, 6.45) is 4.15. The number of fused-ring (bicyclic) bond motifs is 1. The molecular formula is C24H30N3O5PS2. The number of amides is 1. The van der Waals surface area contributed by atoms with E-state index in [-0.39, 0.29) is 47.7 Å². The fourth-order valence-corrected chi connectivity index (χ4v) is 6.12. The fraction of sp³-hybridized carbons (Fsp3) is 0.375. The highest BCUT2D eigenvalue weighted by Crippen LogP contribution is 2.33. The Morgan fingerprint density at radius 1 is 1.37 bits per heavy atom. The Kier molecular flexibility index (Phi) is 8.44. The van der Waals surface area contributed by atoms with Gasteiger partial charge in [0.2, 0.25) is 15.7 Å². The van der Waals surface area contributed by atoms with Gasteiger partial charge in [-0.1, -0.05) is 43.6 Å². The normalized spacial score (nSPS) is 20.5. The van der Waals surface area contributed by atoms with Crippen LogP contribution in [0.15, 0.2) is 41.8 Å². The number of rotatable bonds is 8. The zero-order valence-corrected chi connectivity index (χ0v) is 22.3. The molecule has 0 radical (unpaired) electrons. The van der Waals surface area contributed by atoms with E-state index in [1.54, 1.807) is 6.92 Å². The van der Waals surface area contributed by atoms with Gasteiger partial charge in [-0.05, 0) is 47.0 Å². The highest BCUT2D eigenvalue weighted by atomic mass is 32.2. The first-order chi connectivity index (χ1) is 16.4. The molecule has 1 aliphatic heterocycles. The first-order valence-electron chi connectivity index (χ1n) is 11.1. The van der Waals surface area contributed by atoms with Crippen LogP contribution < -0.4 is 16.8 Å². The van der Waals surface area contributed by atoms with Gasteiger partial charge in [-0.3, -0.25) is 4.79 Å². The van der Waals surface area contributed by atoms with Gasteiger partial charge in [0.1, 0.15) is 10.2 Å². The van der Waals surface area contributed by atoms with Gasteiger partial charge in [0, 0.05) is 19.5 Å². The smallest absolute Gasteiger partial charge is 0.329 e. The van der Waals surface area contributed by atoms with Crippen molar-refractivity contribution < 1.29 is 22.7 Å². The quantitative estimate of drug-likeness (QED) is 0.289. The molecule has 11 heteroatoms. The van der Waals surface area contributed by atoms with Crippen LogP contribution in [0.4, 0.5) is 0 Å². The number of likely N-dealkylation sites (tertiary alicyclic amines) is 1. The van der Waals surface area contributed by atoms with Crippen molar-refractivity contribution in [2.75, 3.05) is 19.7 Å². The van der Waals surface area contributed by atoms with Crippen molar-refractivity contribution in [2.45, 2.75) is 31.8 Å². The van der Waals surface area contributed by atoms with Crippen LogP contribution in [0.5, 0.6) is 0 Å². The summed E-state index contributed by atoms with van der Waals surface area (Å²) in [7, 11) is -1.40. The standard InChI is InChI=1S/C24H30N3O5PS2/c1-4-32-24(29)19(10-16-9-15-6-5-13(2)22(26)18(15)11-20(16)33)27-8-7-17(23(27)28)14(3)35(30,31)21(34)12-25/h5-6,9,11,17,19,22H,2-4,7-8,10,12,25-26,33H2,1H3. The minimum atomic E-state index is -4.05. The summed E-state index contributed by atoms with van der Waals surface area (Å²) in [6.45, 7) is 9.27. The van der Waals surface area contributed by atoms with Crippen molar-refractivity contribution in [3.8, 4) is 0 Å². The SMILES string of the molecule is C=C1C=Cc2cc(CC(C(=O)OCC)N3CCC(C(=C)S(=O)(=O)C(=S)CN)C3=O)c(P)cc2C1N. The number of thiocarbonyl (C=S) groups is 1. The Bertz CT molecular complexity index is 1240. The van der Waals surface area contributed by atoms with Gasteiger partial charge in [-0.25, -0.2) is 13.2 Å². The summed E-state index contributed by atoms with van der Waals surface area (Å²) < 4.78 is 30.1. The summed E-state index contributed by atoms with van der Waals surface area (Å²) in [4.78, 5) is 27.4. The molecule has 0 saturated carbocycles. The molecular weight excluding hydrogens is 505 g/mol. The molecule has 188 valence electrons. The Morgan fingerprint density at radius 2 is 2.06 bits per heavy atom. The number of sulfone groups is 1. The Morgan fingerprint density at radius 3 is 2.69 bits per heavy atom. The van der Waals surface area contributed by atoms with Crippen molar-refractivity contribution in [3.63, 3.8) is 0 Å². The molecule has 0 aromatic heterocycles. The third-order valence-corrected chi connectivity index (χ3v) is 9.45. The third kappa shape index (κ3) is 5.32. The number of ether oxygens (including phenoxy) is 1. The van der Waals surface area contributed by atoms with E-state index in [0.29, 0.717) is 0 Å². The van der Waals surface area contributed by atoms with Crippen molar-refractivity contribution in [2.24, 2.45) is 17.4 Å². The number of nitrogens with zero attached hydrogens (tertiary/aromatic N) is 1. The van der Waals surface area contributed by atoms with Gasteiger partial charge in [0.05, 0.1) is 23.5 Å². The van der Waals surface area contributed by atoms with Gasteiger partial charge in [-0.2, -0.15) is 0 Å². The van der Waals surface area contributed by atoms with E-state index < -0.39 is 33.7 Å². The molecule has 1 saturated heterocycles. The Hall–Kier alpha value is -2.23. The van der Waals surface area contributed by atoms with Crippen LogP contribution in [0.1, 0.15) is 36.1 Å². The van der Waals surface area contributed by atoms with Crippen LogP contribution >= 0.6 is 21.5 Å². The van der Waals surface area contributed by atoms with E-state index in [9.17, 15) is 18.0 Å². The third-order valence-electron chi connectivity index (χ3n) is 6.34. The molecule has 1 aromatic rings. The van der Waals surface area contributed by atoms with Crippen LogP contribution in [0.3, 0.4) is 0 Å². The summed E-state index contributed by atoms with van der Waals surface area (Å²) in [5.41, 5.74) is 15.1. The number of esters is 1. The number of benzene rings is 1. The van der Waals surface area contributed by atoms with Gasteiger partial charge in [-0.15, -0.1) is 9.24 Å². The number of nitrogens with two attached hydrogens (primary N) is 2. The molecule has 4 N–H and O–H groups in total. The average Bonchev–Trinajstić information content (AvgIpc) is 3.20. The molecule has 4 atom stereocenters. The van der Waals surface area contributed by atoms with Gasteiger partial charge in [0.15, 0.2) is 0 Å². The molecule has 0 bridgehead atoms. The second kappa shape index (κ2) is 10.8. The first-order valence-corrected chi connectivity index (χ1v) is 13.6. The Balaban J connectivity index is 1.92. The summed E-state index contributed by atoms with van der Waals surface area (Å²) in [6, 6.07) is 2.62. The topological polar surface area (TPSA) is 133 Å². The van der Waals surface area contributed by atoms with Crippen LogP contribution in [0, 0.1) is 5.92 Å². The van der Waals surface area contributed by atoms with Crippen molar-refractivity contribution >= 4 is 58.7 Å². The lowest BCUT2D eigenvalue weighted by atomic mass is 9.88. The highest BCUT2D eigenvalue weighted by Gasteiger charge is 2.44. The lowest BCUT2D eigenvalue weighted by molar-refractivity contribution is -0.153. The molecule has 35 heavy (non-hydrogen) atoms. The van der Waals surface area contributed by atoms with Gasteiger partial charge in [0.25, 0.3) is 0 Å². The van der Waals surface area contributed by atoms with Crippen LogP contribution in [0.2, 0.25) is 0 Å². The van der Waals surface area contributed by atoms with E-state index in [0.717, 1.165) is 27.6 Å². The second-order valence-electron chi connectivity index (χ2n) is 8.46. The largest absolute Gasteiger partial charge is 0.464 e. The molecule has 1 aromatic carbocycles. The maximum atomic E-state index is 13.3. The maximum Gasteiger partial charge on any atom is 0.329 e.